The van der Waals surface area contributed by atoms with Gasteiger partial charge in [0.2, 0.25) is 5.91 Å². The van der Waals surface area contributed by atoms with Crippen LogP contribution in [0.5, 0.6) is 0 Å². The SMILES string of the molecule is Cc1nc2ccccc2n1CC(=O)NC1CCCNC1. The molecule has 5 nitrogen and oxygen atoms in total. The number of aromatic nitrogens is 2. The van der Waals surface area contributed by atoms with Crippen LogP contribution in [0.25, 0.3) is 11.0 Å². The molecule has 106 valence electrons. The van der Waals surface area contributed by atoms with Gasteiger partial charge in [0, 0.05) is 12.6 Å². The molecule has 2 N–H and O–H groups in total. The summed E-state index contributed by atoms with van der Waals surface area (Å²) in [7, 11) is 0. The average molecular weight is 272 g/mol. The second kappa shape index (κ2) is 5.63. The number of para-hydroxylation sites is 2. The molecule has 3 rings (SSSR count). The normalized spacial score (nSPS) is 19.1. The second-order valence-electron chi connectivity index (χ2n) is 5.34. The minimum absolute atomic E-state index is 0.0601. The number of nitrogens with one attached hydrogen (secondary N) is 2. The summed E-state index contributed by atoms with van der Waals surface area (Å²) in [6.45, 7) is 4.20. The first kappa shape index (κ1) is 13.1. The molecule has 2 aromatic rings. The predicted molar refractivity (Wildman–Crippen MR) is 78.5 cm³/mol. The lowest BCUT2D eigenvalue weighted by Gasteiger charge is -2.24. The number of benzene rings is 1. The van der Waals surface area contributed by atoms with Crippen molar-refractivity contribution in [2.24, 2.45) is 0 Å². The predicted octanol–water partition coefficient (Wildman–Crippen LogP) is 1.21. The van der Waals surface area contributed by atoms with Crippen LogP contribution >= 0.6 is 0 Å². The van der Waals surface area contributed by atoms with Crippen molar-refractivity contribution in [1.82, 2.24) is 20.2 Å². The Morgan fingerprint density at radius 3 is 3.15 bits per heavy atom. The first-order chi connectivity index (χ1) is 9.74. The molecule has 0 aliphatic carbocycles. The van der Waals surface area contributed by atoms with Gasteiger partial charge in [0.25, 0.3) is 0 Å². The molecule has 1 aliphatic heterocycles. The molecule has 0 spiro atoms. The van der Waals surface area contributed by atoms with E-state index in [0.29, 0.717) is 6.54 Å². The maximum absolute atomic E-state index is 12.2. The first-order valence-corrected chi connectivity index (χ1v) is 7.16. The third-order valence-corrected chi connectivity index (χ3v) is 3.81. The van der Waals surface area contributed by atoms with Crippen LogP contribution in [0.15, 0.2) is 24.3 Å². The van der Waals surface area contributed by atoms with Crippen LogP contribution in [0.4, 0.5) is 0 Å². The van der Waals surface area contributed by atoms with E-state index >= 15 is 0 Å². The molecule has 1 aromatic carbocycles. The quantitative estimate of drug-likeness (QED) is 0.883. The van der Waals surface area contributed by atoms with Gasteiger partial charge in [-0.25, -0.2) is 4.98 Å². The summed E-state index contributed by atoms with van der Waals surface area (Å²) in [6.07, 6.45) is 2.18. The summed E-state index contributed by atoms with van der Waals surface area (Å²) in [5.41, 5.74) is 1.96. The van der Waals surface area contributed by atoms with Crippen LogP contribution < -0.4 is 10.6 Å². The van der Waals surface area contributed by atoms with Crippen molar-refractivity contribution in [3.8, 4) is 0 Å². The first-order valence-electron chi connectivity index (χ1n) is 7.16. The van der Waals surface area contributed by atoms with E-state index in [0.717, 1.165) is 42.8 Å². The van der Waals surface area contributed by atoms with E-state index in [4.69, 9.17) is 0 Å². The molecule has 1 fully saturated rings. The van der Waals surface area contributed by atoms with E-state index in [-0.39, 0.29) is 11.9 Å². The van der Waals surface area contributed by atoms with E-state index in [1.54, 1.807) is 0 Å². The molecule has 0 bridgehead atoms. The van der Waals surface area contributed by atoms with Gasteiger partial charge in [0.05, 0.1) is 11.0 Å². The van der Waals surface area contributed by atoms with Gasteiger partial charge in [-0.05, 0) is 38.4 Å². The number of carbonyl (C=O) groups is 1. The number of rotatable bonds is 3. The van der Waals surface area contributed by atoms with E-state index in [1.165, 1.54) is 0 Å². The van der Waals surface area contributed by atoms with Gasteiger partial charge >= 0.3 is 0 Å². The third-order valence-electron chi connectivity index (χ3n) is 3.81. The topological polar surface area (TPSA) is 59.0 Å². The molecule has 5 heteroatoms. The fourth-order valence-electron chi connectivity index (χ4n) is 2.79. The Hall–Kier alpha value is -1.88. The number of nitrogens with zero attached hydrogens (tertiary/aromatic N) is 2. The van der Waals surface area contributed by atoms with Crippen LogP contribution in [0.3, 0.4) is 0 Å². The van der Waals surface area contributed by atoms with E-state index < -0.39 is 0 Å². The molecule has 1 amide bonds. The number of aryl methyl sites for hydroxylation is 1. The van der Waals surface area contributed by atoms with Crippen molar-refractivity contribution in [3.05, 3.63) is 30.1 Å². The molecule has 0 saturated carbocycles. The Morgan fingerprint density at radius 2 is 2.35 bits per heavy atom. The smallest absolute Gasteiger partial charge is 0.240 e. The number of piperidine rings is 1. The van der Waals surface area contributed by atoms with Crippen molar-refractivity contribution < 1.29 is 4.79 Å². The third kappa shape index (κ3) is 2.67. The highest BCUT2D eigenvalue weighted by Crippen LogP contribution is 2.15. The zero-order valence-electron chi connectivity index (χ0n) is 11.7. The summed E-state index contributed by atoms with van der Waals surface area (Å²) in [6, 6.07) is 8.17. The Balaban J connectivity index is 1.72. The molecular formula is C15H20N4O. The summed E-state index contributed by atoms with van der Waals surface area (Å²) < 4.78 is 1.97. The summed E-state index contributed by atoms with van der Waals surface area (Å²) in [4.78, 5) is 16.7. The maximum atomic E-state index is 12.2. The van der Waals surface area contributed by atoms with Crippen molar-refractivity contribution in [3.63, 3.8) is 0 Å². The zero-order chi connectivity index (χ0) is 13.9. The monoisotopic (exact) mass is 272 g/mol. The Bertz CT molecular complexity index is 613. The molecule has 1 aromatic heterocycles. The lowest BCUT2D eigenvalue weighted by Crippen LogP contribution is -2.46. The highest BCUT2D eigenvalue weighted by Gasteiger charge is 2.16. The van der Waals surface area contributed by atoms with Crippen molar-refractivity contribution in [1.29, 1.82) is 0 Å². The molecule has 2 heterocycles. The molecule has 1 unspecified atom stereocenters. The van der Waals surface area contributed by atoms with E-state index in [9.17, 15) is 4.79 Å². The van der Waals surface area contributed by atoms with Gasteiger partial charge in [-0.15, -0.1) is 0 Å². The lowest BCUT2D eigenvalue weighted by atomic mass is 10.1. The van der Waals surface area contributed by atoms with Crippen molar-refractivity contribution >= 4 is 16.9 Å². The molecule has 1 aliphatic rings. The van der Waals surface area contributed by atoms with Gasteiger partial charge in [0.1, 0.15) is 12.4 Å². The highest BCUT2D eigenvalue weighted by atomic mass is 16.2. The van der Waals surface area contributed by atoms with Crippen LogP contribution in [-0.2, 0) is 11.3 Å². The van der Waals surface area contributed by atoms with Gasteiger partial charge in [-0.3, -0.25) is 4.79 Å². The number of fused-ring (bicyclic) bond motifs is 1. The molecule has 20 heavy (non-hydrogen) atoms. The highest BCUT2D eigenvalue weighted by molar-refractivity contribution is 5.81. The number of hydrogen-bond donors (Lipinski definition) is 2. The summed E-state index contributed by atoms with van der Waals surface area (Å²) in [5.74, 6) is 0.938. The summed E-state index contributed by atoms with van der Waals surface area (Å²) >= 11 is 0. The van der Waals surface area contributed by atoms with Gasteiger partial charge in [0.15, 0.2) is 0 Å². The molecule has 1 atom stereocenters. The standard InChI is InChI=1S/C15H20N4O/c1-11-17-13-6-2-3-7-14(13)19(11)10-15(20)18-12-5-4-8-16-9-12/h2-3,6-7,12,16H,4-5,8-10H2,1H3,(H,18,20). The van der Waals surface area contributed by atoms with E-state index in [2.05, 4.69) is 15.6 Å². The van der Waals surface area contributed by atoms with E-state index in [1.807, 2.05) is 35.8 Å². The van der Waals surface area contributed by atoms with Crippen LogP contribution in [-0.4, -0.2) is 34.6 Å². The maximum Gasteiger partial charge on any atom is 0.240 e. The Kier molecular flexibility index (Phi) is 3.69. The fraction of sp³-hybridized carbons (Fsp3) is 0.467. The number of hydrogen-bond acceptors (Lipinski definition) is 3. The lowest BCUT2D eigenvalue weighted by molar-refractivity contribution is -0.122. The summed E-state index contributed by atoms with van der Waals surface area (Å²) in [5, 5.41) is 6.41. The zero-order valence-corrected chi connectivity index (χ0v) is 11.7. The van der Waals surface area contributed by atoms with Gasteiger partial charge < -0.3 is 15.2 Å². The number of carbonyl (C=O) groups excluding carboxylic acids is 1. The minimum atomic E-state index is 0.0601. The Morgan fingerprint density at radius 1 is 1.50 bits per heavy atom. The molecule has 0 radical (unpaired) electrons. The molecular weight excluding hydrogens is 252 g/mol. The fourth-order valence-corrected chi connectivity index (χ4v) is 2.79. The van der Waals surface area contributed by atoms with Crippen molar-refractivity contribution in [2.75, 3.05) is 13.1 Å². The van der Waals surface area contributed by atoms with Crippen molar-refractivity contribution in [2.45, 2.75) is 32.4 Å². The largest absolute Gasteiger partial charge is 0.351 e. The van der Waals surface area contributed by atoms with Crippen LogP contribution in [0, 0.1) is 6.92 Å². The van der Waals surface area contributed by atoms with Crippen LogP contribution in [0.2, 0.25) is 0 Å². The number of imidazole rings is 1. The van der Waals surface area contributed by atoms with Gasteiger partial charge in [-0.1, -0.05) is 12.1 Å². The minimum Gasteiger partial charge on any atom is -0.351 e. The number of amides is 1. The van der Waals surface area contributed by atoms with Crippen LogP contribution in [0.1, 0.15) is 18.7 Å². The average Bonchev–Trinajstić information content (AvgIpc) is 2.76. The Labute approximate surface area is 118 Å². The molecule has 1 saturated heterocycles. The second-order valence-corrected chi connectivity index (χ2v) is 5.34. The van der Waals surface area contributed by atoms with Gasteiger partial charge in [-0.2, -0.15) is 0 Å².